The smallest absolute Gasteiger partial charge is 0.248 e. The number of primary amides is 1. The molecule has 2 aliphatic carbocycles. The van der Waals surface area contributed by atoms with Crippen LogP contribution in [0.4, 0.5) is 4.39 Å². The summed E-state index contributed by atoms with van der Waals surface area (Å²) in [6.07, 6.45) is 3.93. The van der Waals surface area contributed by atoms with Crippen LogP contribution in [0.5, 0.6) is 17.4 Å². The van der Waals surface area contributed by atoms with E-state index in [4.69, 9.17) is 19.9 Å². The molecule has 0 spiro atoms. The SMILES string of the molecule is CC[C@@H](C1Oc2ccc(C(N)=O)cc2O1)C1[C@@H]2CC(Oc3ncnc4ccc(F)cc34)C[C@@H]12. The van der Waals surface area contributed by atoms with Crippen molar-refractivity contribution in [3.63, 3.8) is 0 Å². The van der Waals surface area contributed by atoms with Crippen LogP contribution >= 0.6 is 0 Å². The van der Waals surface area contributed by atoms with E-state index in [2.05, 4.69) is 16.9 Å². The highest BCUT2D eigenvalue weighted by atomic mass is 19.1. The summed E-state index contributed by atoms with van der Waals surface area (Å²) in [5.41, 5.74) is 6.46. The predicted molar refractivity (Wildman–Crippen MR) is 117 cm³/mol. The summed E-state index contributed by atoms with van der Waals surface area (Å²) in [7, 11) is 0. The lowest BCUT2D eigenvalue weighted by Gasteiger charge is -2.24. The van der Waals surface area contributed by atoms with Crippen molar-refractivity contribution in [2.45, 2.75) is 38.6 Å². The standard InChI is InChI=1S/C25H24FN3O4/c1-2-15(25-32-20-6-3-12(23(27)30)7-21(20)33-25)22-16-9-14(10-17(16)22)31-24-18-8-13(26)4-5-19(18)28-11-29-24/h3-8,11,14-17,22,25H,2,9-10H2,1H3,(H2,27,30)/t14?,15-,16-,17-,22?,25?/m1/s1. The Bertz CT molecular complexity index is 1240. The Hall–Kier alpha value is -3.42. The van der Waals surface area contributed by atoms with Gasteiger partial charge in [0.1, 0.15) is 18.2 Å². The summed E-state index contributed by atoms with van der Waals surface area (Å²) in [5.74, 6) is 2.69. The van der Waals surface area contributed by atoms with E-state index in [0.29, 0.717) is 51.6 Å². The van der Waals surface area contributed by atoms with Crippen LogP contribution in [0, 0.1) is 29.5 Å². The third-order valence-corrected chi connectivity index (χ3v) is 7.34. The number of carbonyl (C=O) groups excluding carboxylic acids is 1. The zero-order chi connectivity index (χ0) is 22.7. The van der Waals surface area contributed by atoms with Crippen LogP contribution in [0.15, 0.2) is 42.7 Å². The molecule has 170 valence electrons. The highest BCUT2D eigenvalue weighted by Gasteiger charge is 2.61. The van der Waals surface area contributed by atoms with Crippen molar-refractivity contribution in [2.24, 2.45) is 29.4 Å². The maximum atomic E-state index is 13.7. The molecule has 3 aliphatic rings. The van der Waals surface area contributed by atoms with Gasteiger partial charge in [-0.1, -0.05) is 6.92 Å². The number of benzene rings is 2. The highest BCUT2D eigenvalue weighted by molar-refractivity contribution is 5.93. The Kier molecular flexibility index (Phi) is 4.64. The third kappa shape index (κ3) is 3.44. The molecular formula is C25H24FN3O4. The van der Waals surface area contributed by atoms with Crippen LogP contribution in [0.3, 0.4) is 0 Å². The summed E-state index contributed by atoms with van der Waals surface area (Å²) >= 11 is 0. The second-order valence-electron chi connectivity index (χ2n) is 9.16. The quantitative estimate of drug-likeness (QED) is 0.609. The van der Waals surface area contributed by atoms with E-state index < -0.39 is 5.91 Å². The van der Waals surface area contributed by atoms with Gasteiger partial charge < -0.3 is 19.9 Å². The molecule has 0 saturated heterocycles. The summed E-state index contributed by atoms with van der Waals surface area (Å²) in [4.78, 5) is 19.9. The number of nitrogens with two attached hydrogens (primary N) is 1. The van der Waals surface area contributed by atoms with Gasteiger partial charge in [0.05, 0.1) is 10.9 Å². The van der Waals surface area contributed by atoms with Crippen molar-refractivity contribution in [1.29, 1.82) is 0 Å². The van der Waals surface area contributed by atoms with Gasteiger partial charge in [-0.3, -0.25) is 4.79 Å². The first-order valence-electron chi connectivity index (χ1n) is 11.4. The maximum Gasteiger partial charge on any atom is 0.248 e. The number of halogens is 1. The summed E-state index contributed by atoms with van der Waals surface area (Å²) < 4.78 is 32.1. The number of aromatic nitrogens is 2. The molecular weight excluding hydrogens is 425 g/mol. The molecule has 6 rings (SSSR count). The number of hydrogen-bond acceptors (Lipinski definition) is 6. The Balaban J connectivity index is 1.12. The van der Waals surface area contributed by atoms with E-state index in [1.165, 1.54) is 18.5 Å². The van der Waals surface area contributed by atoms with Gasteiger partial charge in [-0.2, -0.15) is 0 Å². The number of hydrogen-bond donors (Lipinski definition) is 1. The molecule has 1 amide bonds. The third-order valence-electron chi connectivity index (χ3n) is 7.34. The molecule has 2 aromatic carbocycles. The van der Waals surface area contributed by atoms with Gasteiger partial charge in [0, 0.05) is 11.5 Å². The van der Waals surface area contributed by atoms with Crippen molar-refractivity contribution in [2.75, 3.05) is 0 Å². The van der Waals surface area contributed by atoms with Gasteiger partial charge in [0.25, 0.3) is 0 Å². The zero-order valence-electron chi connectivity index (χ0n) is 18.1. The average Bonchev–Trinajstić information content (AvgIpc) is 3.14. The monoisotopic (exact) mass is 449 g/mol. The largest absolute Gasteiger partial charge is 0.474 e. The van der Waals surface area contributed by atoms with Gasteiger partial charge in [0.2, 0.25) is 18.1 Å². The second kappa shape index (κ2) is 7.57. The first kappa shape index (κ1) is 20.2. The first-order chi connectivity index (χ1) is 16.0. The summed E-state index contributed by atoms with van der Waals surface area (Å²) in [6.45, 7) is 2.15. The molecule has 3 aromatic rings. The van der Waals surface area contributed by atoms with Crippen LogP contribution in [0.2, 0.25) is 0 Å². The second-order valence-corrected chi connectivity index (χ2v) is 9.16. The summed E-state index contributed by atoms with van der Waals surface area (Å²) in [5, 5.41) is 0.599. The minimum atomic E-state index is -0.487. The molecule has 7 nitrogen and oxygen atoms in total. The number of amides is 1. The number of ether oxygens (including phenoxy) is 3. The van der Waals surface area contributed by atoms with Crippen molar-refractivity contribution >= 4 is 16.8 Å². The Morgan fingerprint density at radius 2 is 1.94 bits per heavy atom. The fourth-order valence-corrected chi connectivity index (χ4v) is 5.78. The molecule has 4 atom stereocenters. The van der Waals surface area contributed by atoms with Gasteiger partial charge in [-0.05, 0) is 73.4 Å². The lowest BCUT2D eigenvalue weighted by Crippen LogP contribution is -2.32. The van der Waals surface area contributed by atoms with E-state index in [-0.39, 0.29) is 24.1 Å². The topological polar surface area (TPSA) is 96.6 Å². The van der Waals surface area contributed by atoms with E-state index in [1.807, 2.05) is 0 Å². The molecule has 33 heavy (non-hydrogen) atoms. The molecule has 1 aliphatic heterocycles. The fourth-order valence-electron chi connectivity index (χ4n) is 5.78. The number of rotatable bonds is 6. The van der Waals surface area contributed by atoms with Crippen molar-refractivity contribution < 1.29 is 23.4 Å². The minimum Gasteiger partial charge on any atom is -0.474 e. The number of carbonyl (C=O) groups is 1. The molecule has 8 heteroatoms. The number of nitrogens with zero attached hydrogens (tertiary/aromatic N) is 2. The van der Waals surface area contributed by atoms with Crippen LogP contribution in [0.1, 0.15) is 36.5 Å². The zero-order valence-corrected chi connectivity index (χ0v) is 18.1. The maximum absolute atomic E-state index is 13.7. The molecule has 2 heterocycles. The van der Waals surface area contributed by atoms with Crippen LogP contribution in [-0.4, -0.2) is 28.3 Å². The van der Waals surface area contributed by atoms with E-state index in [9.17, 15) is 9.18 Å². The Morgan fingerprint density at radius 3 is 2.70 bits per heavy atom. The predicted octanol–water partition coefficient (Wildman–Crippen LogP) is 4.09. The molecule has 1 aromatic heterocycles. The fraction of sp³-hybridized carbons (Fsp3) is 0.400. The molecule has 1 unspecified atom stereocenters. The van der Waals surface area contributed by atoms with Crippen molar-refractivity contribution in [1.82, 2.24) is 9.97 Å². The van der Waals surface area contributed by atoms with Gasteiger partial charge in [-0.25, -0.2) is 14.4 Å². The van der Waals surface area contributed by atoms with Gasteiger partial charge in [0.15, 0.2) is 11.5 Å². The molecule has 2 fully saturated rings. The minimum absolute atomic E-state index is 0.0517. The van der Waals surface area contributed by atoms with Crippen LogP contribution in [-0.2, 0) is 0 Å². The molecule has 2 N–H and O–H groups in total. The van der Waals surface area contributed by atoms with E-state index >= 15 is 0 Å². The van der Waals surface area contributed by atoms with Crippen molar-refractivity contribution in [3.8, 4) is 17.4 Å². The first-order valence-corrected chi connectivity index (χ1v) is 11.4. The van der Waals surface area contributed by atoms with Crippen LogP contribution < -0.4 is 19.9 Å². The van der Waals surface area contributed by atoms with Crippen molar-refractivity contribution in [3.05, 3.63) is 54.1 Å². The van der Waals surface area contributed by atoms with Crippen LogP contribution in [0.25, 0.3) is 10.9 Å². The Labute approximate surface area is 190 Å². The lowest BCUT2D eigenvalue weighted by atomic mass is 9.93. The number of fused-ring (bicyclic) bond motifs is 3. The normalized spacial score (nSPS) is 26.2. The lowest BCUT2D eigenvalue weighted by molar-refractivity contribution is -0.0208. The Morgan fingerprint density at radius 1 is 1.15 bits per heavy atom. The summed E-state index contributed by atoms with van der Waals surface area (Å²) in [6, 6.07) is 9.50. The van der Waals surface area contributed by atoms with Gasteiger partial charge >= 0.3 is 0 Å². The molecule has 2 saturated carbocycles. The average molecular weight is 449 g/mol. The molecule has 0 bridgehead atoms. The van der Waals surface area contributed by atoms with E-state index in [0.717, 1.165) is 19.3 Å². The van der Waals surface area contributed by atoms with E-state index in [1.54, 1.807) is 24.3 Å². The molecule has 0 radical (unpaired) electrons. The highest BCUT2D eigenvalue weighted by Crippen LogP contribution is 2.63. The van der Waals surface area contributed by atoms with Gasteiger partial charge in [-0.15, -0.1) is 0 Å².